The summed E-state index contributed by atoms with van der Waals surface area (Å²) in [6, 6.07) is 2.84. The minimum atomic E-state index is -4.71. The topological polar surface area (TPSA) is 70.6 Å². The van der Waals surface area contributed by atoms with E-state index in [1.54, 1.807) is 0 Å². The molecule has 0 atom stereocenters. The molecular weight excluding hydrogens is 343 g/mol. The summed E-state index contributed by atoms with van der Waals surface area (Å²) < 4.78 is 38.6. The molecule has 0 saturated carbocycles. The van der Waals surface area contributed by atoms with Gasteiger partial charge in [-0.05, 0) is 18.2 Å². The smallest absolute Gasteiger partial charge is 0.317 e. The molecule has 10 heteroatoms. The first kappa shape index (κ1) is 16.6. The van der Waals surface area contributed by atoms with Gasteiger partial charge in [-0.3, -0.25) is 19.9 Å². The molecule has 1 aromatic rings. The summed E-state index contributed by atoms with van der Waals surface area (Å²) in [5.41, 5.74) is -1.67. The van der Waals surface area contributed by atoms with E-state index >= 15 is 0 Å². The van der Waals surface area contributed by atoms with E-state index in [-0.39, 0.29) is 10.2 Å². The predicted molar refractivity (Wildman–Crippen MR) is 78.0 cm³/mol. The van der Waals surface area contributed by atoms with E-state index in [2.05, 4.69) is 10.3 Å². The molecule has 2 amide bonds. The molecule has 5 nitrogen and oxygen atoms in total. The summed E-state index contributed by atoms with van der Waals surface area (Å²) in [5, 5.41) is 4.29. The molecule has 1 heterocycles. The zero-order valence-electron chi connectivity index (χ0n) is 10.8. The van der Waals surface area contributed by atoms with Gasteiger partial charge in [-0.15, -0.1) is 0 Å². The summed E-state index contributed by atoms with van der Waals surface area (Å²) in [6.07, 6.45) is -4.71. The van der Waals surface area contributed by atoms with Crippen LogP contribution >= 0.6 is 23.4 Å². The summed E-state index contributed by atoms with van der Waals surface area (Å²) in [4.78, 5) is 27.2. The van der Waals surface area contributed by atoms with Crippen LogP contribution in [0.4, 0.5) is 18.9 Å². The van der Waals surface area contributed by atoms with Gasteiger partial charge in [0.1, 0.15) is 0 Å². The second kappa shape index (κ2) is 6.57. The predicted octanol–water partition coefficient (Wildman–Crippen LogP) is 2.52. The molecule has 2 N–H and O–H groups in total. The Morgan fingerprint density at radius 3 is 2.50 bits per heavy atom. The number of benzene rings is 1. The highest BCUT2D eigenvalue weighted by atomic mass is 35.5. The van der Waals surface area contributed by atoms with Crippen LogP contribution in [0, 0.1) is 0 Å². The maximum Gasteiger partial charge on any atom is 0.418 e. The molecule has 0 unspecified atom stereocenters. The first-order valence-electron chi connectivity index (χ1n) is 5.93. The Bertz CT molecular complexity index is 649. The molecular formula is C12H9ClF3N3O2S. The Labute approximate surface area is 132 Å². The van der Waals surface area contributed by atoms with Crippen molar-refractivity contribution < 1.29 is 22.8 Å². The number of thioether (sulfide) groups is 1. The number of aliphatic imine (C=N–C) groups is 1. The van der Waals surface area contributed by atoms with Crippen LogP contribution in [0.1, 0.15) is 5.56 Å². The third-order valence-corrected chi connectivity index (χ3v) is 3.67. The fraction of sp³-hybridized carbons (Fsp3) is 0.250. The number of hydrogen-bond donors (Lipinski definition) is 2. The minimum absolute atomic E-state index is 0.133. The molecule has 2 rings (SSSR count). The molecule has 22 heavy (non-hydrogen) atoms. The van der Waals surface area contributed by atoms with Gasteiger partial charge in [0.15, 0.2) is 5.17 Å². The average molecular weight is 352 g/mol. The maximum atomic E-state index is 12.9. The van der Waals surface area contributed by atoms with Crippen LogP contribution in [0.3, 0.4) is 0 Å². The number of nitrogens with zero attached hydrogens (tertiary/aromatic N) is 1. The number of rotatable bonds is 1. The summed E-state index contributed by atoms with van der Waals surface area (Å²) in [5.74, 6) is -1.63. The van der Waals surface area contributed by atoms with Crippen molar-refractivity contribution in [1.29, 1.82) is 0 Å². The van der Waals surface area contributed by atoms with Crippen LogP contribution in [-0.4, -0.2) is 29.3 Å². The number of carbonyl (C=O) groups excluding carboxylic acids is 2. The van der Waals surface area contributed by atoms with Crippen molar-refractivity contribution in [3.63, 3.8) is 0 Å². The fourth-order valence-electron chi connectivity index (χ4n) is 1.60. The molecule has 0 fully saturated rings. The lowest BCUT2D eigenvalue weighted by molar-refractivity contribution is -0.137. The Hall–Kier alpha value is -1.74. The van der Waals surface area contributed by atoms with Crippen LogP contribution in [0.15, 0.2) is 23.2 Å². The molecule has 118 valence electrons. The number of amides is 2. The monoisotopic (exact) mass is 351 g/mol. The number of anilines is 1. The van der Waals surface area contributed by atoms with E-state index < -0.39 is 29.2 Å². The largest absolute Gasteiger partial charge is 0.418 e. The highest BCUT2D eigenvalue weighted by molar-refractivity contribution is 8.14. The lowest BCUT2D eigenvalue weighted by atomic mass is 10.1. The fourth-order valence-corrected chi connectivity index (χ4v) is 2.50. The van der Waals surface area contributed by atoms with Crippen LogP contribution in [-0.2, 0) is 15.8 Å². The lowest BCUT2D eigenvalue weighted by Crippen LogP contribution is -2.38. The molecule has 0 aromatic heterocycles. The zero-order valence-corrected chi connectivity index (χ0v) is 12.4. The third kappa shape index (κ3) is 4.14. The van der Waals surface area contributed by atoms with E-state index in [4.69, 9.17) is 11.6 Å². The number of alkyl halides is 3. The molecule has 0 radical (unpaired) electrons. The third-order valence-electron chi connectivity index (χ3n) is 2.55. The molecule has 0 spiro atoms. The van der Waals surface area contributed by atoms with Gasteiger partial charge in [-0.1, -0.05) is 23.4 Å². The van der Waals surface area contributed by atoms with Crippen molar-refractivity contribution in [1.82, 2.24) is 5.32 Å². The maximum absolute atomic E-state index is 12.9. The summed E-state index contributed by atoms with van der Waals surface area (Å²) in [6.45, 7) is 0.511. The van der Waals surface area contributed by atoms with E-state index in [0.29, 0.717) is 18.4 Å². The minimum Gasteiger partial charge on any atom is -0.317 e. The van der Waals surface area contributed by atoms with Gasteiger partial charge in [-0.25, -0.2) is 0 Å². The van der Waals surface area contributed by atoms with Gasteiger partial charge >= 0.3 is 18.0 Å². The summed E-state index contributed by atoms with van der Waals surface area (Å²) in [7, 11) is 0. The van der Waals surface area contributed by atoms with Gasteiger partial charge in [0.2, 0.25) is 0 Å². The number of hydrogen-bond acceptors (Lipinski definition) is 4. The average Bonchev–Trinajstić information content (AvgIpc) is 2.92. The Morgan fingerprint density at radius 1 is 1.23 bits per heavy atom. The van der Waals surface area contributed by atoms with E-state index in [0.717, 1.165) is 6.07 Å². The van der Waals surface area contributed by atoms with Crippen molar-refractivity contribution in [3.8, 4) is 0 Å². The van der Waals surface area contributed by atoms with Crippen molar-refractivity contribution in [2.45, 2.75) is 6.18 Å². The first-order chi connectivity index (χ1) is 10.3. The molecule has 1 aliphatic heterocycles. The molecule has 1 aliphatic rings. The van der Waals surface area contributed by atoms with Crippen molar-refractivity contribution in [2.75, 3.05) is 17.6 Å². The van der Waals surface area contributed by atoms with Crippen molar-refractivity contribution >= 4 is 46.0 Å². The van der Waals surface area contributed by atoms with E-state index in [1.807, 2.05) is 5.32 Å². The second-order valence-electron chi connectivity index (χ2n) is 4.13. The van der Waals surface area contributed by atoms with Gasteiger partial charge in [0, 0.05) is 10.8 Å². The summed E-state index contributed by atoms with van der Waals surface area (Å²) >= 11 is 6.77. The Balaban J connectivity index is 2.12. The SMILES string of the molecule is O=C(NC1=NCCS1)C(=O)Nc1ccc(Cl)cc1C(F)(F)F. The van der Waals surface area contributed by atoms with Crippen molar-refractivity contribution in [3.05, 3.63) is 28.8 Å². The number of nitrogens with one attached hydrogen (secondary N) is 2. The van der Waals surface area contributed by atoms with Crippen molar-refractivity contribution in [2.24, 2.45) is 4.99 Å². The van der Waals surface area contributed by atoms with Gasteiger partial charge < -0.3 is 5.32 Å². The quantitative estimate of drug-likeness (QED) is 0.764. The number of amidine groups is 1. The molecule has 0 aliphatic carbocycles. The normalized spacial score (nSPS) is 14.5. The van der Waals surface area contributed by atoms with Crippen LogP contribution in [0.2, 0.25) is 5.02 Å². The number of halogens is 4. The van der Waals surface area contributed by atoms with Crippen LogP contribution < -0.4 is 10.6 Å². The first-order valence-corrected chi connectivity index (χ1v) is 7.30. The van der Waals surface area contributed by atoms with Gasteiger partial charge in [0.05, 0.1) is 17.8 Å². The highest BCUT2D eigenvalue weighted by Crippen LogP contribution is 2.36. The van der Waals surface area contributed by atoms with Gasteiger partial charge in [-0.2, -0.15) is 13.2 Å². The Morgan fingerprint density at radius 2 is 1.91 bits per heavy atom. The van der Waals surface area contributed by atoms with E-state index in [9.17, 15) is 22.8 Å². The highest BCUT2D eigenvalue weighted by Gasteiger charge is 2.34. The van der Waals surface area contributed by atoms with Crippen LogP contribution in [0.5, 0.6) is 0 Å². The van der Waals surface area contributed by atoms with Gasteiger partial charge in [0.25, 0.3) is 0 Å². The molecule has 0 bridgehead atoms. The zero-order chi connectivity index (χ0) is 16.3. The van der Waals surface area contributed by atoms with E-state index in [1.165, 1.54) is 17.8 Å². The Kier molecular flexibility index (Phi) is 4.97. The lowest BCUT2D eigenvalue weighted by Gasteiger charge is -2.14. The number of carbonyl (C=O) groups is 2. The molecule has 0 saturated heterocycles. The molecule has 1 aromatic carbocycles. The van der Waals surface area contributed by atoms with Crippen LogP contribution in [0.25, 0.3) is 0 Å². The second-order valence-corrected chi connectivity index (χ2v) is 5.65. The standard InChI is InChI=1S/C12H9ClF3N3O2S/c13-6-1-2-8(7(5-6)12(14,15)16)18-9(20)10(21)19-11-17-3-4-22-11/h1-2,5H,3-4H2,(H,18,20)(H,17,19,21).